The standard InChI is InChI=1S/C19H23N/c1-14-6-5-7-15(12-14)10-11-19(20)18-13-17(18)16-8-3-2-4-9-16/h2-9,12,17-19H,10-11,13,20H2,1H3. The van der Waals surface area contributed by atoms with Crippen molar-refractivity contribution in [2.75, 3.05) is 0 Å². The summed E-state index contributed by atoms with van der Waals surface area (Å²) in [6.45, 7) is 2.15. The van der Waals surface area contributed by atoms with Crippen LogP contribution in [0.3, 0.4) is 0 Å². The zero-order valence-corrected chi connectivity index (χ0v) is 12.1. The third-order valence-electron chi connectivity index (χ3n) is 4.47. The van der Waals surface area contributed by atoms with Crippen LogP contribution in [0.15, 0.2) is 54.6 Å². The Kier molecular flexibility index (Phi) is 3.88. The Hall–Kier alpha value is -1.60. The van der Waals surface area contributed by atoms with Crippen LogP contribution in [0.1, 0.15) is 35.4 Å². The van der Waals surface area contributed by atoms with Gasteiger partial charge in [0.05, 0.1) is 0 Å². The summed E-state index contributed by atoms with van der Waals surface area (Å²) in [5.41, 5.74) is 10.6. The van der Waals surface area contributed by atoms with Crippen LogP contribution in [0.25, 0.3) is 0 Å². The summed E-state index contributed by atoms with van der Waals surface area (Å²) in [6, 6.07) is 19.9. The maximum atomic E-state index is 6.39. The Labute approximate surface area is 121 Å². The van der Waals surface area contributed by atoms with Crippen LogP contribution >= 0.6 is 0 Å². The zero-order valence-electron chi connectivity index (χ0n) is 12.1. The van der Waals surface area contributed by atoms with Crippen molar-refractivity contribution in [2.45, 2.75) is 38.1 Å². The fraction of sp³-hybridized carbons (Fsp3) is 0.368. The summed E-state index contributed by atoms with van der Waals surface area (Å²) in [5, 5.41) is 0. The molecule has 2 N–H and O–H groups in total. The molecule has 1 aliphatic carbocycles. The van der Waals surface area contributed by atoms with E-state index in [1.807, 2.05) is 0 Å². The lowest BCUT2D eigenvalue weighted by molar-refractivity contribution is 0.539. The Morgan fingerprint density at radius 1 is 1.10 bits per heavy atom. The highest BCUT2D eigenvalue weighted by atomic mass is 14.7. The van der Waals surface area contributed by atoms with Crippen molar-refractivity contribution in [1.82, 2.24) is 0 Å². The molecule has 3 atom stereocenters. The predicted molar refractivity (Wildman–Crippen MR) is 84.8 cm³/mol. The van der Waals surface area contributed by atoms with Gasteiger partial charge >= 0.3 is 0 Å². The molecule has 0 heterocycles. The van der Waals surface area contributed by atoms with Crippen molar-refractivity contribution in [3.63, 3.8) is 0 Å². The molecule has 0 bridgehead atoms. The summed E-state index contributed by atoms with van der Waals surface area (Å²) in [4.78, 5) is 0. The molecule has 3 rings (SSSR count). The molecular weight excluding hydrogens is 242 g/mol. The average Bonchev–Trinajstić information content (AvgIpc) is 3.26. The van der Waals surface area contributed by atoms with Gasteiger partial charge in [0.2, 0.25) is 0 Å². The van der Waals surface area contributed by atoms with Gasteiger partial charge in [0.15, 0.2) is 0 Å². The van der Waals surface area contributed by atoms with Gasteiger partial charge < -0.3 is 5.73 Å². The Bertz CT molecular complexity index is 561. The number of hydrogen-bond acceptors (Lipinski definition) is 1. The predicted octanol–water partition coefficient (Wildman–Crippen LogP) is 4.06. The molecule has 2 aromatic rings. The Morgan fingerprint density at radius 3 is 2.65 bits per heavy atom. The zero-order chi connectivity index (χ0) is 13.9. The number of rotatable bonds is 5. The fourth-order valence-corrected chi connectivity index (χ4v) is 3.19. The van der Waals surface area contributed by atoms with Crippen molar-refractivity contribution in [2.24, 2.45) is 11.7 Å². The largest absolute Gasteiger partial charge is 0.327 e. The van der Waals surface area contributed by atoms with Crippen molar-refractivity contribution in [1.29, 1.82) is 0 Å². The van der Waals surface area contributed by atoms with Crippen LogP contribution in [0.2, 0.25) is 0 Å². The normalized spacial score (nSPS) is 22.5. The highest BCUT2D eigenvalue weighted by Crippen LogP contribution is 2.49. The van der Waals surface area contributed by atoms with Crippen LogP contribution < -0.4 is 5.73 Å². The molecule has 2 aromatic carbocycles. The van der Waals surface area contributed by atoms with E-state index in [1.165, 1.54) is 23.1 Å². The lowest BCUT2D eigenvalue weighted by atomic mass is 9.99. The molecule has 1 heteroatoms. The van der Waals surface area contributed by atoms with E-state index in [0.29, 0.717) is 17.9 Å². The number of benzene rings is 2. The molecule has 1 nitrogen and oxygen atoms in total. The van der Waals surface area contributed by atoms with Crippen LogP contribution in [0, 0.1) is 12.8 Å². The minimum absolute atomic E-state index is 0.334. The number of aryl methyl sites for hydroxylation is 2. The van der Waals surface area contributed by atoms with Crippen LogP contribution in [-0.4, -0.2) is 6.04 Å². The van der Waals surface area contributed by atoms with Gasteiger partial charge in [0.25, 0.3) is 0 Å². The van der Waals surface area contributed by atoms with Crippen LogP contribution in [0.4, 0.5) is 0 Å². The molecule has 0 radical (unpaired) electrons. The molecule has 0 spiro atoms. The van der Waals surface area contributed by atoms with Gasteiger partial charge in [-0.25, -0.2) is 0 Å². The highest BCUT2D eigenvalue weighted by molar-refractivity contribution is 5.27. The molecule has 3 unspecified atom stereocenters. The summed E-state index contributed by atoms with van der Waals surface area (Å²) in [5.74, 6) is 1.38. The second-order valence-corrected chi connectivity index (χ2v) is 6.11. The second kappa shape index (κ2) is 5.80. The fourth-order valence-electron chi connectivity index (χ4n) is 3.19. The van der Waals surface area contributed by atoms with Gasteiger partial charge in [-0.3, -0.25) is 0 Å². The average molecular weight is 265 g/mol. The van der Waals surface area contributed by atoms with E-state index >= 15 is 0 Å². The first-order chi connectivity index (χ1) is 9.74. The molecule has 0 amide bonds. The summed E-state index contributed by atoms with van der Waals surface area (Å²) in [7, 11) is 0. The first-order valence-corrected chi connectivity index (χ1v) is 7.60. The first-order valence-electron chi connectivity index (χ1n) is 7.60. The van der Waals surface area contributed by atoms with E-state index in [9.17, 15) is 0 Å². The minimum atomic E-state index is 0.334. The maximum absolute atomic E-state index is 6.39. The number of nitrogens with two attached hydrogens (primary N) is 1. The first kappa shape index (κ1) is 13.4. The van der Waals surface area contributed by atoms with E-state index in [4.69, 9.17) is 5.73 Å². The van der Waals surface area contributed by atoms with Crippen molar-refractivity contribution in [3.05, 3.63) is 71.3 Å². The van der Waals surface area contributed by atoms with E-state index < -0.39 is 0 Å². The quantitative estimate of drug-likeness (QED) is 0.867. The van der Waals surface area contributed by atoms with Gasteiger partial charge in [-0.1, -0.05) is 60.2 Å². The molecule has 1 saturated carbocycles. The van der Waals surface area contributed by atoms with Crippen LogP contribution in [0.5, 0.6) is 0 Å². The summed E-state index contributed by atoms with van der Waals surface area (Å²) >= 11 is 0. The smallest absolute Gasteiger partial charge is 0.00763 e. The molecule has 0 saturated heterocycles. The molecule has 104 valence electrons. The molecular formula is C19H23N. The number of hydrogen-bond donors (Lipinski definition) is 1. The topological polar surface area (TPSA) is 26.0 Å². The van der Waals surface area contributed by atoms with Gasteiger partial charge in [-0.15, -0.1) is 0 Å². The second-order valence-electron chi connectivity index (χ2n) is 6.11. The SMILES string of the molecule is Cc1cccc(CCC(N)C2CC2c2ccccc2)c1. The molecule has 0 aliphatic heterocycles. The van der Waals surface area contributed by atoms with E-state index in [0.717, 1.165) is 12.8 Å². The van der Waals surface area contributed by atoms with E-state index in [2.05, 4.69) is 61.5 Å². The van der Waals surface area contributed by atoms with Crippen LogP contribution in [-0.2, 0) is 6.42 Å². The lowest BCUT2D eigenvalue weighted by Gasteiger charge is -2.12. The van der Waals surface area contributed by atoms with Gasteiger partial charge in [-0.05, 0) is 49.1 Å². The van der Waals surface area contributed by atoms with Crippen molar-refractivity contribution < 1.29 is 0 Å². The summed E-state index contributed by atoms with van der Waals surface area (Å²) < 4.78 is 0. The molecule has 0 aromatic heterocycles. The van der Waals surface area contributed by atoms with Gasteiger partial charge in [-0.2, -0.15) is 0 Å². The highest BCUT2D eigenvalue weighted by Gasteiger charge is 2.41. The van der Waals surface area contributed by atoms with Gasteiger partial charge in [0, 0.05) is 6.04 Å². The lowest BCUT2D eigenvalue weighted by Crippen LogP contribution is -2.23. The maximum Gasteiger partial charge on any atom is 0.00763 e. The third-order valence-corrected chi connectivity index (χ3v) is 4.47. The van der Waals surface area contributed by atoms with E-state index in [1.54, 1.807) is 0 Å². The Morgan fingerprint density at radius 2 is 1.90 bits per heavy atom. The van der Waals surface area contributed by atoms with Gasteiger partial charge in [0.1, 0.15) is 0 Å². The minimum Gasteiger partial charge on any atom is -0.327 e. The van der Waals surface area contributed by atoms with E-state index in [-0.39, 0.29) is 0 Å². The Balaban J connectivity index is 1.53. The third kappa shape index (κ3) is 3.10. The monoisotopic (exact) mass is 265 g/mol. The molecule has 20 heavy (non-hydrogen) atoms. The molecule has 1 fully saturated rings. The van der Waals surface area contributed by atoms with Crippen molar-refractivity contribution in [3.8, 4) is 0 Å². The van der Waals surface area contributed by atoms with Crippen molar-refractivity contribution >= 4 is 0 Å². The summed E-state index contributed by atoms with van der Waals surface area (Å²) in [6.07, 6.45) is 3.46. The molecule has 1 aliphatic rings.